The van der Waals surface area contributed by atoms with Crippen LogP contribution in [0.4, 0.5) is 5.69 Å². The monoisotopic (exact) mass is 776 g/mol. The Labute approximate surface area is 314 Å². The number of carbonyl (C=O) groups is 4. The van der Waals surface area contributed by atoms with Crippen molar-refractivity contribution in [1.82, 2.24) is 4.98 Å². The van der Waals surface area contributed by atoms with Crippen molar-refractivity contribution >= 4 is 67.7 Å². The van der Waals surface area contributed by atoms with E-state index in [1.807, 2.05) is 37.3 Å². The van der Waals surface area contributed by atoms with Crippen LogP contribution in [0, 0.1) is 30.6 Å². The van der Waals surface area contributed by atoms with E-state index in [1.165, 1.54) is 4.90 Å². The molecule has 0 N–H and O–H groups in total. The maximum atomic E-state index is 13.9. The van der Waals surface area contributed by atoms with Crippen molar-refractivity contribution in [2.45, 2.75) is 45.8 Å². The van der Waals surface area contributed by atoms with Gasteiger partial charge in [0.1, 0.15) is 12.4 Å². The fourth-order valence-corrected chi connectivity index (χ4v) is 8.86. The largest absolute Gasteiger partial charge is 0.489 e. The molecular formula is C42H34BrClN2O6. The number of rotatable bonds is 9. The second kappa shape index (κ2) is 13.6. The minimum atomic E-state index is -1.09. The number of Topliss-reactive ketones (excluding diaryl/α,β-unsaturated/α-hetero) is 1. The van der Waals surface area contributed by atoms with E-state index in [4.69, 9.17) is 26.1 Å². The zero-order valence-corrected chi connectivity index (χ0v) is 30.8. The number of carbonyl (C=O) groups excluding carboxylic acids is 4. The maximum Gasteiger partial charge on any atom is 0.339 e. The van der Waals surface area contributed by atoms with Crippen molar-refractivity contribution in [2.24, 2.45) is 23.7 Å². The van der Waals surface area contributed by atoms with Gasteiger partial charge in [-0.3, -0.25) is 19.3 Å². The van der Waals surface area contributed by atoms with Gasteiger partial charge in [0, 0.05) is 21.0 Å². The van der Waals surface area contributed by atoms with Crippen molar-refractivity contribution < 1.29 is 28.7 Å². The Morgan fingerprint density at radius 1 is 0.923 bits per heavy atom. The number of hydrogen-bond donors (Lipinski definition) is 0. The van der Waals surface area contributed by atoms with Crippen molar-refractivity contribution in [1.29, 1.82) is 0 Å². The number of ether oxygens (including phenoxy) is 2. The number of amides is 2. The molecule has 52 heavy (non-hydrogen) atoms. The van der Waals surface area contributed by atoms with Crippen LogP contribution in [0.5, 0.6) is 5.75 Å². The highest BCUT2D eigenvalue weighted by Gasteiger charge is 2.61. The number of esters is 1. The fraction of sp³-hybridized carbons (Fsp3) is 0.262. The average molecular weight is 778 g/mol. The van der Waals surface area contributed by atoms with Gasteiger partial charge in [-0.15, -0.1) is 0 Å². The van der Waals surface area contributed by atoms with Gasteiger partial charge in [-0.2, -0.15) is 0 Å². The van der Waals surface area contributed by atoms with Gasteiger partial charge in [0.15, 0.2) is 6.10 Å². The first-order valence-corrected chi connectivity index (χ1v) is 18.6. The molecule has 8 rings (SSSR count). The molecule has 2 saturated carbocycles. The predicted octanol–water partition coefficient (Wildman–Crippen LogP) is 9.17. The quantitative estimate of drug-likeness (QED) is 0.0836. The second-order valence-corrected chi connectivity index (χ2v) is 15.1. The van der Waals surface area contributed by atoms with Gasteiger partial charge >= 0.3 is 5.97 Å². The standard InChI is InChI=1S/C42H34BrClN2O6/c1-22-37(44)33(43)19-31-32(42(50)52-23(2)39(47)26-12-16-30(17-13-26)51-21-24-6-4-3-5-7-24)20-34(45-38(22)31)25-10-14-29(15-11-25)46-40(48)35-27-8-9-28(18-27)36(35)41(46)49/h3-7,10-17,19-20,23,27-28,35-36H,8-9,18,21H2,1-2H3. The number of fused-ring (bicyclic) bond motifs is 6. The van der Waals surface area contributed by atoms with Gasteiger partial charge in [0.05, 0.1) is 39.3 Å². The summed E-state index contributed by atoms with van der Waals surface area (Å²) in [6, 6.07) is 26.9. The first-order chi connectivity index (χ1) is 25.1. The summed E-state index contributed by atoms with van der Waals surface area (Å²) >= 11 is 10.1. The van der Waals surface area contributed by atoms with Crippen LogP contribution in [0.1, 0.15) is 58.0 Å². The van der Waals surface area contributed by atoms with E-state index >= 15 is 0 Å². The third-order valence-corrected chi connectivity index (χ3v) is 12.2. The molecule has 0 spiro atoms. The number of imide groups is 1. The second-order valence-electron chi connectivity index (χ2n) is 13.9. The molecule has 0 radical (unpaired) electrons. The molecule has 8 nitrogen and oxygen atoms in total. The summed E-state index contributed by atoms with van der Waals surface area (Å²) in [4.78, 5) is 60.3. The van der Waals surface area contributed by atoms with Crippen LogP contribution in [-0.4, -0.2) is 34.7 Å². The minimum Gasteiger partial charge on any atom is -0.489 e. The van der Waals surface area contributed by atoms with Gasteiger partial charge in [-0.05, 0) is 121 Å². The molecule has 3 aliphatic rings. The van der Waals surface area contributed by atoms with Crippen LogP contribution in [0.25, 0.3) is 22.2 Å². The molecule has 1 aromatic heterocycles. The van der Waals surface area contributed by atoms with Crippen LogP contribution in [0.3, 0.4) is 0 Å². The van der Waals surface area contributed by atoms with Crippen LogP contribution >= 0.6 is 27.5 Å². The number of aryl methyl sites for hydroxylation is 1. The van der Waals surface area contributed by atoms with Gasteiger partial charge in [-0.1, -0.05) is 54.1 Å². The number of benzene rings is 4. The fourth-order valence-electron chi connectivity index (χ4n) is 8.19. The van der Waals surface area contributed by atoms with Crippen molar-refractivity contribution in [2.75, 3.05) is 4.90 Å². The normalized spacial score (nSPS) is 21.0. The van der Waals surface area contributed by atoms with Gasteiger partial charge in [-0.25, -0.2) is 9.78 Å². The minimum absolute atomic E-state index is 0.101. The Balaban J connectivity index is 1.04. The molecule has 2 amide bonds. The van der Waals surface area contributed by atoms with E-state index in [9.17, 15) is 19.2 Å². The molecule has 2 heterocycles. The van der Waals surface area contributed by atoms with Gasteiger partial charge < -0.3 is 9.47 Å². The number of ketones is 1. The van der Waals surface area contributed by atoms with E-state index < -0.39 is 12.1 Å². The summed E-state index contributed by atoms with van der Waals surface area (Å²) < 4.78 is 12.2. The highest BCUT2D eigenvalue weighted by Crippen LogP contribution is 2.56. The molecule has 5 atom stereocenters. The summed E-state index contributed by atoms with van der Waals surface area (Å²) in [5.41, 5.74) is 4.43. The van der Waals surface area contributed by atoms with E-state index in [0.29, 0.717) is 72.7 Å². The average Bonchev–Trinajstić information content (AvgIpc) is 3.86. The Bertz CT molecular complexity index is 2230. The molecule has 5 unspecified atom stereocenters. The van der Waals surface area contributed by atoms with Crippen molar-refractivity contribution in [3.63, 3.8) is 0 Å². The topological polar surface area (TPSA) is 103 Å². The third-order valence-electron chi connectivity index (χ3n) is 10.8. The molecule has 1 saturated heterocycles. The molecule has 262 valence electrons. The van der Waals surface area contributed by atoms with E-state index in [0.717, 1.165) is 24.8 Å². The first-order valence-electron chi connectivity index (χ1n) is 17.4. The highest BCUT2D eigenvalue weighted by molar-refractivity contribution is 9.10. The lowest BCUT2D eigenvalue weighted by atomic mass is 9.81. The zero-order valence-electron chi connectivity index (χ0n) is 28.5. The highest BCUT2D eigenvalue weighted by atomic mass is 79.9. The molecular weight excluding hydrogens is 744 g/mol. The summed E-state index contributed by atoms with van der Waals surface area (Å²) in [6.45, 7) is 3.76. The van der Waals surface area contributed by atoms with Gasteiger partial charge in [0.2, 0.25) is 17.6 Å². The number of hydrogen-bond acceptors (Lipinski definition) is 7. The van der Waals surface area contributed by atoms with E-state index in [2.05, 4.69) is 15.9 Å². The number of halogens is 2. The first kappa shape index (κ1) is 34.2. The van der Waals surface area contributed by atoms with Crippen LogP contribution in [-0.2, 0) is 20.9 Å². The third kappa shape index (κ3) is 5.99. The zero-order chi connectivity index (χ0) is 36.3. The van der Waals surface area contributed by atoms with Crippen LogP contribution in [0.2, 0.25) is 5.02 Å². The lowest BCUT2D eigenvalue weighted by Crippen LogP contribution is -2.32. The maximum absolute atomic E-state index is 13.9. The summed E-state index contributed by atoms with van der Waals surface area (Å²) in [5, 5.41) is 0.963. The molecule has 1 aliphatic heterocycles. The van der Waals surface area contributed by atoms with Crippen LogP contribution < -0.4 is 9.64 Å². The molecule has 5 aromatic rings. The lowest BCUT2D eigenvalue weighted by molar-refractivity contribution is -0.123. The number of anilines is 1. The van der Waals surface area contributed by atoms with Crippen LogP contribution in [0.15, 0.2) is 95.5 Å². The van der Waals surface area contributed by atoms with E-state index in [-0.39, 0.29) is 35.0 Å². The molecule has 2 aliphatic carbocycles. The van der Waals surface area contributed by atoms with Crippen molar-refractivity contribution in [3.8, 4) is 17.0 Å². The molecule has 3 fully saturated rings. The number of nitrogens with zero attached hydrogens (tertiary/aromatic N) is 2. The Kier molecular flexibility index (Phi) is 8.96. The van der Waals surface area contributed by atoms with Gasteiger partial charge in [0.25, 0.3) is 0 Å². The lowest BCUT2D eigenvalue weighted by Gasteiger charge is -2.19. The molecule has 2 bridgehead atoms. The summed E-state index contributed by atoms with van der Waals surface area (Å²) in [7, 11) is 0. The number of pyridine rings is 1. The molecule has 4 aromatic carbocycles. The molecule has 10 heteroatoms. The number of aromatic nitrogens is 1. The Hall–Kier alpha value is -4.86. The van der Waals surface area contributed by atoms with Crippen molar-refractivity contribution in [3.05, 3.63) is 123 Å². The van der Waals surface area contributed by atoms with E-state index in [1.54, 1.807) is 67.6 Å². The Morgan fingerprint density at radius 2 is 1.58 bits per heavy atom. The summed E-state index contributed by atoms with van der Waals surface area (Å²) in [6.07, 6.45) is 1.92. The SMILES string of the molecule is Cc1c(Cl)c(Br)cc2c(C(=O)OC(C)C(=O)c3ccc(OCc4ccccc4)cc3)cc(-c3ccc(N4C(=O)C5C6CCC(C6)C5C4=O)cc3)nc12. The smallest absolute Gasteiger partial charge is 0.339 e. The Morgan fingerprint density at radius 3 is 2.23 bits per heavy atom. The predicted molar refractivity (Wildman–Crippen MR) is 201 cm³/mol. The summed E-state index contributed by atoms with van der Waals surface area (Å²) in [5.74, 6) is -0.462.